The van der Waals surface area contributed by atoms with Crippen LogP contribution in [0.4, 0.5) is 0 Å². The van der Waals surface area contributed by atoms with Crippen molar-refractivity contribution in [2.45, 2.75) is 37.8 Å². The fraction of sp³-hybridized carbons (Fsp3) is 0.208. The molecular weight excluding hydrogens is 428 g/mol. The largest absolute Gasteiger partial charge is 0.308 e. The van der Waals surface area contributed by atoms with Crippen molar-refractivity contribution in [3.63, 3.8) is 0 Å². The second-order valence-electron chi connectivity index (χ2n) is 7.78. The third-order valence-corrected chi connectivity index (χ3v) is 7.66. The number of nitrogens with one attached hydrogen (secondary N) is 1. The first-order valence-corrected chi connectivity index (χ1v) is 12.4. The number of sulfonamides is 1. The van der Waals surface area contributed by atoms with Crippen molar-refractivity contribution in [2.75, 3.05) is 0 Å². The van der Waals surface area contributed by atoms with E-state index in [-0.39, 0.29) is 15.8 Å². The Balaban J connectivity index is 1.78. The van der Waals surface area contributed by atoms with Gasteiger partial charge in [-0.05, 0) is 55.7 Å². The van der Waals surface area contributed by atoms with Gasteiger partial charge in [0, 0.05) is 6.04 Å². The molecule has 1 aromatic heterocycles. The van der Waals surface area contributed by atoms with Gasteiger partial charge < -0.3 is 0 Å². The number of rotatable bonds is 6. The minimum atomic E-state index is -3.84. The summed E-state index contributed by atoms with van der Waals surface area (Å²) in [6, 6.07) is 21.6. The summed E-state index contributed by atoms with van der Waals surface area (Å²) in [5.74, 6) is 0. The minimum Gasteiger partial charge on any atom is -0.296 e. The number of hydrogen-bond donors (Lipinski definition) is 1. The van der Waals surface area contributed by atoms with Crippen LogP contribution >= 0.6 is 11.3 Å². The third kappa shape index (κ3) is 4.21. The number of nitrogens with zero attached hydrogens (tertiary/aromatic N) is 1. The van der Waals surface area contributed by atoms with Crippen LogP contribution in [0.5, 0.6) is 0 Å². The van der Waals surface area contributed by atoms with Crippen LogP contribution in [0.2, 0.25) is 0 Å². The summed E-state index contributed by atoms with van der Waals surface area (Å²) in [5, 5.41) is 0. The Hall–Kier alpha value is -2.74. The molecule has 31 heavy (non-hydrogen) atoms. The lowest BCUT2D eigenvalue weighted by Crippen LogP contribution is -2.30. The van der Waals surface area contributed by atoms with E-state index in [1.54, 1.807) is 22.8 Å². The van der Waals surface area contributed by atoms with Gasteiger partial charge in [0.15, 0.2) is 0 Å². The van der Waals surface area contributed by atoms with E-state index in [1.807, 2.05) is 75.4 Å². The molecule has 1 N–H and O–H groups in total. The maximum atomic E-state index is 13.4. The number of aryl methyl sites for hydroxylation is 1. The van der Waals surface area contributed by atoms with Crippen LogP contribution in [0.25, 0.3) is 10.2 Å². The summed E-state index contributed by atoms with van der Waals surface area (Å²) >= 11 is 1.07. The van der Waals surface area contributed by atoms with E-state index < -0.39 is 16.1 Å². The highest BCUT2D eigenvalue weighted by atomic mass is 32.2. The highest BCUT2D eigenvalue weighted by Crippen LogP contribution is 2.29. The average molecular weight is 453 g/mol. The van der Waals surface area contributed by atoms with Crippen LogP contribution in [-0.2, 0) is 10.0 Å². The van der Waals surface area contributed by atoms with Gasteiger partial charge in [-0.2, -0.15) is 4.72 Å². The van der Waals surface area contributed by atoms with E-state index >= 15 is 0 Å². The number of fused-ring (bicyclic) bond motifs is 1. The van der Waals surface area contributed by atoms with Crippen LogP contribution in [0.1, 0.15) is 42.6 Å². The van der Waals surface area contributed by atoms with Crippen molar-refractivity contribution in [3.8, 4) is 0 Å². The molecule has 0 aliphatic heterocycles. The SMILES string of the molecule is Cc1ccccc1C(NS(=O)(=O)c1ccc2c(c1)sc(=O)n2C(C)C)c1ccccc1. The molecule has 1 heterocycles. The van der Waals surface area contributed by atoms with Gasteiger partial charge in [-0.3, -0.25) is 9.36 Å². The average Bonchev–Trinajstić information content (AvgIpc) is 3.08. The summed E-state index contributed by atoms with van der Waals surface area (Å²) in [7, 11) is -3.84. The van der Waals surface area contributed by atoms with Crippen molar-refractivity contribution < 1.29 is 8.42 Å². The van der Waals surface area contributed by atoms with Crippen LogP contribution in [-0.4, -0.2) is 13.0 Å². The Morgan fingerprint density at radius 1 is 0.935 bits per heavy atom. The van der Waals surface area contributed by atoms with Gasteiger partial charge in [0.2, 0.25) is 10.0 Å². The lowest BCUT2D eigenvalue weighted by atomic mass is 9.96. The van der Waals surface area contributed by atoms with Gasteiger partial charge >= 0.3 is 4.87 Å². The molecule has 5 nitrogen and oxygen atoms in total. The van der Waals surface area contributed by atoms with E-state index in [9.17, 15) is 13.2 Å². The Morgan fingerprint density at radius 3 is 2.29 bits per heavy atom. The molecule has 0 aliphatic carbocycles. The molecule has 0 bridgehead atoms. The molecule has 0 aliphatic rings. The Kier molecular flexibility index (Phi) is 5.83. The van der Waals surface area contributed by atoms with Crippen molar-refractivity contribution in [2.24, 2.45) is 0 Å². The zero-order chi connectivity index (χ0) is 22.2. The fourth-order valence-electron chi connectivity index (χ4n) is 3.76. The highest BCUT2D eigenvalue weighted by molar-refractivity contribution is 7.89. The monoisotopic (exact) mass is 452 g/mol. The molecule has 0 fully saturated rings. The zero-order valence-electron chi connectivity index (χ0n) is 17.6. The topological polar surface area (TPSA) is 68.2 Å². The Bertz CT molecular complexity index is 1390. The van der Waals surface area contributed by atoms with E-state index in [0.29, 0.717) is 4.70 Å². The van der Waals surface area contributed by atoms with Gasteiger partial charge in [0.1, 0.15) is 0 Å². The van der Waals surface area contributed by atoms with E-state index in [0.717, 1.165) is 33.5 Å². The van der Waals surface area contributed by atoms with Crippen LogP contribution < -0.4 is 9.60 Å². The molecule has 7 heteroatoms. The standard InChI is InChI=1S/C24H24N2O3S2/c1-16(2)26-21-14-13-19(15-22(21)30-24(26)27)31(28,29)25-23(18-10-5-4-6-11-18)20-12-8-7-9-17(20)3/h4-16,23,25H,1-3H3. The zero-order valence-corrected chi connectivity index (χ0v) is 19.2. The maximum absolute atomic E-state index is 13.4. The molecule has 1 atom stereocenters. The van der Waals surface area contributed by atoms with Crippen LogP contribution in [0, 0.1) is 6.92 Å². The molecule has 3 aromatic carbocycles. The third-order valence-electron chi connectivity index (χ3n) is 5.32. The molecule has 1 unspecified atom stereocenters. The second kappa shape index (κ2) is 8.42. The van der Waals surface area contributed by atoms with Gasteiger partial charge in [0.05, 0.1) is 21.2 Å². The predicted molar refractivity (Wildman–Crippen MR) is 126 cm³/mol. The molecule has 0 saturated carbocycles. The summed E-state index contributed by atoms with van der Waals surface area (Å²) in [6.07, 6.45) is 0. The first-order chi connectivity index (χ1) is 14.8. The number of thiazole rings is 1. The molecule has 0 saturated heterocycles. The van der Waals surface area contributed by atoms with Crippen LogP contribution in [0.15, 0.2) is 82.5 Å². The summed E-state index contributed by atoms with van der Waals surface area (Å²) in [4.78, 5) is 12.4. The van der Waals surface area contributed by atoms with E-state index in [4.69, 9.17) is 0 Å². The van der Waals surface area contributed by atoms with Gasteiger partial charge in [0.25, 0.3) is 0 Å². The van der Waals surface area contributed by atoms with Gasteiger partial charge in [-0.15, -0.1) is 0 Å². The van der Waals surface area contributed by atoms with E-state index in [1.165, 1.54) is 0 Å². The first kappa shape index (κ1) is 21.5. The Morgan fingerprint density at radius 2 is 1.61 bits per heavy atom. The smallest absolute Gasteiger partial charge is 0.296 e. The van der Waals surface area contributed by atoms with Gasteiger partial charge in [-0.25, -0.2) is 8.42 Å². The predicted octanol–water partition coefficient (Wildman–Crippen LogP) is 5.02. The number of benzene rings is 3. The lowest BCUT2D eigenvalue weighted by molar-refractivity contribution is 0.572. The maximum Gasteiger partial charge on any atom is 0.308 e. The van der Waals surface area contributed by atoms with Crippen molar-refractivity contribution in [1.29, 1.82) is 0 Å². The quantitative estimate of drug-likeness (QED) is 0.447. The van der Waals surface area contributed by atoms with E-state index in [2.05, 4.69) is 4.72 Å². The van der Waals surface area contributed by atoms with Crippen molar-refractivity contribution in [1.82, 2.24) is 9.29 Å². The minimum absolute atomic E-state index is 0.00495. The van der Waals surface area contributed by atoms with Crippen molar-refractivity contribution in [3.05, 3.63) is 99.2 Å². The molecule has 4 rings (SSSR count). The molecule has 4 aromatic rings. The summed E-state index contributed by atoms with van der Waals surface area (Å²) in [5.41, 5.74) is 3.51. The van der Waals surface area contributed by atoms with Crippen LogP contribution in [0.3, 0.4) is 0 Å². The number of aromatic nitrogens is 1. The summed E-state index contributed by atoms with van der Waals surface area (Å²) in [6.45, 7) is 5.84. The molecule has 0 amide bonds. The van der Waals surface area contributed by atoms with Crippen molar-refractivity contribution >= 4 is 31.6 Å². The lowest BCUT2D eigenvalue weighted by Gasteiger charge is -2.21. The highest BCUT2D eigenvalue weighted by Gasteiger charge is 2.25. The van der Waals surface area contributed by atoms with Gasteiger partial charge in [-0.1, -0.05) is 65.9 Å². The normalized spacial score (nSPS) is 13.0. The second-order valence-corrected chi connectivity index (χ2v) is 10.5. The summed E-state index contributed by atoms with van der Waals surface area (Å²) < 4.78 is 32.0. The molecule has 0 radical (unpaired) electrons. The number of hydrogen-bond acceptors (Lipinski definition) is 4. The first-order valence-electron chi connectivity index (χ1n) is 10.1. The molecular formula is C24H24N2O3S2. The Labute approximate surface area is 186 Å². The molecule has 0 spiro atoms. The fourth-order valence-corrected chi connectivity index (χ4v) is 6.12. The molecule has 160 valence electrons.